The van der Waals surface area contributed by atoms with E-state index in [1.807, 2.05) is 34.9 Å². The summed E-state index contributed by atoms with van der Waals surface area (Å²) in [6.07, 6.45) is 1.71. The average Bonchev–Trinajstić information content (AvgIpc) is 2.83. The smallest absolute Gasteiger partial charge is 0.131 e. The summed E-state index contributed by atoms with van der Waals surface area (Å²) in [5, 5.41) is 0. The Labute approximate surface area is 116 Å². The summed E-state index contributed by atoms with van der Waals surface area (Å²) in [4.78, 5) is 4.33. The Morgan fingerprint density at radius 3 is 2.40 bits per heavy atom. The molecule has 2 aromatic carbocycles. The van der Waals surface area contributed by atoms with Crippen molar-refractivity contribution in [3.05, 3.63) is 72.3 Å². The third-order valence-electron chi connectivity index (χ3n) is 3.19. The van der Waals surface area contributed by atoms with Crippen LogP contribution in [0.25, 0.3) is 11.3 Å². The first kappa shape index (κ1) is 12.4. The van der Waals surface area contributed by atoms with Crippen molar-refractivity contribution in [3.8, 4) is 11.3 Å². The molecule has 100 valence electrons. The van der Waals surface area contributed by atoms with Crippen LogP contribution in [0.5, 0.6) is 0 Å². The normalized spacial score (nSPS) is 10.7. The predicted molar refractivity (Wildman–Crippen MR) is 77.6 cm³/mol. The number of halogens is 1. The molecular formula is C16H14FN3. The van der Waals surface area contributed by atoms with Crippen LogP contribution in [0, 0.1) is 5.82 Å². The van der Waals surface area contributed by atoms with Crippen molar-refractivity contribution in [1.29, 1.82) is 0 Å². The molecule has 0 amide bonds. The van der Waals surface area contributed by atoms with Crippen LogP contribution in [0.1, 0.15) is 5.56 Å². The van der Waals surface area contributed by atoms with Gasteiger partial charge in [-0.1, -0.05) is 30.3 Å². The first-order valence-electron chi connectivity index (χ1n) is 6.34. The number of hydrogen-bond donors (Lipinski definition) is 1. The van der Waals surface area contributed by atoms with Gasteiger partial charge in [0.25, 0.3) is 0 Å². The van der Waals surface area contributed by atoms with Gasteiger partial charge in [0.2, 0.25) is 0 Å². The Bertz CT molecular complexity index is 702. The quantitative estimate of drug-likeness (QED) is 0.791. The van der Waals surface area contributed by atoms with Crippen molar-refractivity contribution >= 4 is 5.82 Å². The molecule has 0 fully saturated rings. The summed E-state index contributed by atoms with van der Waals surface area (Å²) in [5.74, 6) is 0.316. The first-order chi connectivity index (χ1) is 9.74. The number of imidazole rings is 1. The monoisotopic (exact) mass is 267 g/mol. The minimum atomic E-state index is -0.268. The van der Waals surface area contributed by atoms with Crippen LogP contribution in [0.15, 0.2) is 60.9 Å². The third kappa shape index (κ3) is 2.40. The van der Waals surface area contributed by atoms with Gasteiger partial charge >= 0.3 is 0 Å². The molecule has 0 radical (unpaired) electrons. The van der Waals surface area contributed by atoms with Crippen molar-refractivity contribution < 1.29 is 4.39 Å². The standard InChI is InChI=1S/C16H14FN3/c17-14-8-6-13(7-9-14)15-16(18)20(11-19-15)10-12-4-2-1-3-5-12/h1-9,11H,10,18H2. The van der Waals surface area contributed by atoms with E-state index in [2.05, 4.69) is 4.98 Å². The molecule has 0 bridgehead atoms. The summed E-state index contributed by atoms with van der Waals surface area (Å²) >= 11 is 0. The van der Waals surface area contributed by atoms with E-state index in [1.165, 1.54) is 12.1 Å². The molecule has 3 nitrogen and oxygen atoms in total. The average molecular weight is 267 g/mol. The Balaban J connectivity index is 1.91. The number of aromatic nitrogens is 2. The van der Waals surface area contributed by atoms with Gasteiger partial charge in [0.05, 0.1) is 12.9 Å². The van der Waals surface area contributed by atoms with Crippen LogP contribution in [0.2, 0.25) is 0 Å². The van der Waals surface area contributed by atoms with E-state index in [1.54, 1.807) is 18.5 Å². The Morgan fingerprint density at radius 1 is 1.00 bits per heavy atom. The molecule has 0 aliphatic carbocycles. The van der Waals surface area contributed by atoms with Crippen molar-refractivity contribution in [2.24, 2.45) is 0 Å². The maximum absolute atomic E-state index is 12.9. The molecule has 3 aromatic rings. The van der Waals surface area contributed by atoms with Crippen molar-refractivity contribution in [3.63, 3.8) is 0 Å². The molecule has 0 unspecified atom stereocenters. The second kappa shape index (κ2) is 5.17. The topological polar surface area (TPSA) is 43.8 Å². The Kier molecular flexibility index (Phi) is 3.21. The molecular weight excluding hydrogens is 253 g/mol. The largest absolute Gasteiger partial charge is 0.383 e. The van der Waals surface area contributed by atoms with Gasteiger partial charge in [-0.3, -0.25) is 0 Å². The Hall–Kier alpha value is -2.62. The fraction of sp³-hybridized carbons (Fsp3) is 0.0625. The van der Waals surface area contributed by atoms with Crippen LogP contribution >= 0.6 is 0 Å². The van der Waals surface area contributed by atoms with E-state index in [0.717, 1.165) is 11.1 Å². The van der Waals surface area contributed by atoms with Crippen molar-refractivity contribution in [2.75, 3.05) is 5.73 Å². The number of nitrogens with zero attached hydrogens (tertiary/aromatic N) is 2. The van der Waals surface area contributed by atoms with Crippen molar-refractivity contribution in [1.82, 2.24) is 9.55 Å². The van der Waals surface area contributed by atoms with E-state index in [4.69, 9.17) is 5.73 Å². The number of anilines is 1. The SMILES string of the molecule is Nc1c(-c2ccc(F)cc2)ncn1Cc1ccccc1. The number of rotatable bonds is 3. The van der Waals surface area contributed by atoms with Gasteiger partial charge in [-0.05, 0) is 29.8 Å². The molecule has 4 heteroatoms. The van der Waals surface area contributed by atoms with Crippen LogP contribution < -0.4 is 5.73 Å². The van der Waals surface area contributed by atoms with Gasteiger partial charge < -0.3 is 10.3 Å². The lowest BCUT2D eigenvalue weighted by Crippen LogP contribution is -2.03. The Morgan fingerprint density at radius 2 is 1.70 bits per heavy atom. The van der Waals surface area contributed by atoms with Gasteiger partial charge in [-0.2, -0.15) is 0 Å². The fourth-order valence-corrected chi connectivity index (χ4v) is 2.13. The maximum Gasteiger partial charge on any atom is 0.131 e. The lowest BCUT2D eigenvalue weighted by atomic mass is 10.1. The van der Waals surface area contributed by atoms with Crippen LogP contribution in [0.3, 0.4) is 0 Å². The number of nitrogens with two attached hydrogens (primary N) is 1. The van der Waals surface area contributed by atoms with Crippen molar-refractivity contribution in [2.45, 2.75) is 6.54 Å². The zero-order valence-corrected chi connectivity index (χ0v) is 10.8. The van der Waals surface area contributed by atoms with Crippen LogP contribution in [-0.2, 0) is 6.54 Å². The number of benzene rings is 2. The first-order valence-corrected chi connectivity index (χ1v) is 6.34. The molecule has 0 aliphatic heterocycles. The highest BCUT2D eigenvalue weighted by Crippen LogP contribution is 2.24. The van der Waals surface area contributed by atoms with Crippen LogP contribution in [0.4, 0.5) is 10.2 Å². The molecule has 0 aliphatic rings. The van der Waals surface area contributed by atoms with E-state index in [9.17, 15) is 4.39 Å². The van der Waals surface area contributed by atoms with E-state index >= 15 is 0 Å². The minimum Gasteiger partial charge on any atom is -0.383 e. The number of nitrogen functional groups attached to an aromatic ring is 1. The fourth-order valence-electron chi connectivity index (χ4n) is 2.13. The molecule has 20 heavy (non-hydrogen) atoms. The molecule has 3 rings (SSSR count). The lowest BCUT2D eigenvalue weighted by molar-refractivity contribution is 0.628. The van der Waals surface area contributed by atoms with E-state index in [-0.39, 0.29) is 5.82 Å². The van der Waals surface area contributed by atoms with Gasteiger partial charge in [0, 0.05) is 5.56 Å². The predicted octanol–water partition coefficient (Wildman–Crippen LogP) is 3.32. The van der Waals surface area contributed by atoms with Gasteiger partial charge in [0.15, 0.2) is 0 Å². The molecule has 1 heterocycles. The second-order valence-electron chi connectivity index (χ2n) is 4.60. The molecule has 0 atom stereocenters. The van der Waals surface area contributed by atoms with Gasteiger partial charge in [0.1, 0.15) is 17.3 Å². The molecule has 0 saturated carbocycles. The summed E-state index contributed by atoms with van der Waals surface area (Å²) < 4.78 is 14.8. The summed E-state index contributed by atoms with van der Waals surface area (Å²) in [7, 11) is 0. The van der Waals surface area contributed by atoms with E-state index < -0.39 is 0 Å². The zero-order chi connectivity index (χ0) is 13.9. The molecule has 1 aromatic heterocycles. The molecule has 2 N–H and O–H groups in total. The minimum absolute atomic E-state index is 0.268. The summed E-state index contributed by atoms with van der Waals surface area (Å²) in [6, 6.07) is 16.2. The highest BCUT2D eigenvalue weighted by molar-refractivity contribution is 5.70. The summed E-state index contributed by atoms with van der Waals surface area (Å²) in [5.41, 5.74) is 8.78. The number of hydrogen-bond acceptors (Lipinski definition) is 2. The van der Waals surface area contributed by atoms with E-state index in [0.29, 0.717) is 18.1 Å². The second-order valence-corrected chi connectivity index (χ2v) is 4.60. The summed E-state index contributed by atoms with van der Waals surface area (Å²) in [6.45, 7) is 0.668. The van der Waals surface area contributed by atoms with Crippen LogP contribution in [-0.4, -0.2) is 9.55 Å². The molecule has 0 saturated heterocycles. The molecule has 0 spiro atoms. The van der Waals surface area contributed by atoms with Gasteiger partial charge in [-0.25, -0.2) is 9.37 Å². The maximum atomic E-state index is 12.9. The third-order valence-corrected chi connectivity index (χ3v) is 3.19. The highest BCUT2D eigenvalue weighted by Gasteiger charge is 2.10. The van der Waals surface area contributed by atoms with Gasteiger partial charge in [-0.15, -0.1) is 0 Å². The zero-order valence-electron chi connectivity index (χ0n) is 10.8. The highest BCUT2D eigenvalue weighted by atomic mass is 19.1. The lowest BCUT2D eigenvalue weighted by Gasteiger charge is -2.06.